The van der Waals surface area contributed by atoms with E-state index in [-0.39, 0.29) is 0 Å². The Morgan fingerprint density at radius 3 is 2.83 bits per heavy atom. The van der Waals surface area contributed by atoms with Crippen LogP contribution in [0.5, 0.6) is 0 Å². The molecule has 0 aliphatic rings. The largest absolute Gasteiger partial charge is 0.242 e. The van der Waals surface area contributed by atoms with Crippen molar-refractivity contribution in [3.8, 4) is 6.07 Å². The Labute approximate surface area is 72.9 Å². The molecule has 2 nitrogen and oxygen atoms in total. The zero-order valence-corrected chi connectivity index (χ0v) is 7.41. The number of rotatable bonds is 2. The van der Waals surface area contributed by atoms with Crippen LogP contribution in [0.2, 0.25) is 0 Å². The molecule has 0 saturated carbocycles. The van der Waals surface area contributed by atoms with E-state index in [4.69, 9.17) is 5.26 Å². The molecule has 0 atom stereocenters. The summed E-state index contributed by atoms with van der Waals surface area (Å²) in [6, 6.07) is 7.59. The maximum absolute atomic E-state index is 8.58. The molecule has 62 valence electrons. The fourth-order valence-corrected chi connectivity index (χ4v) is 1.07. The van der Waals surface area contributed by atoms with Crippen molar-refractivity contribution in [3.05, 3.63) is 29.6 Å². The standard InChI is InChI=1S/C10H12N2/c1-8(2)6-9-4-3-5-10(7-11)12-9/h3-5,8H,6H2,1-2H3. The van der Waals surface area contributed by atoms with Gasteiger partial charge in [-0.1, -0.05) is 19.9 Å². The normalized spacial score (nSPS) is 9.83. The monoisotopic (exact) mass is 160 g/mol. The summed E-state index contributed by atoms with van der Waals surface area (Å²) in [7, 11) is 0. The smallest absolute Gasteiger partial charge is 0.140 e. The molecular formula is C10H12N2. The van der Waals surface area contributed by atoms with E-state index < -0.39 is 0 Å². The van der Waals surface area contributed by atoms with Crippen LogP contribution in [-0.2, 0) is 6.42 Å². The van der Waals surface area contributed by atoms with Gasteiger partial charge in [-0.05, 0) is 24.5 Å². The van der Waals surface area contributed by atoms with Gasteiger partial charge in [0.05, 0.1) is 0 Å². The molecule has 0 aliphatic carbocycles. The molecular weight excluding hydrogens is 148 g/mol. The molecule has 0 saturated heterocycles. The van der Waals surface area contributed by atoms with Gasteiger partial charge in [-0.25, -0.2) is 4.98 Å². The van der Waals surface area contributed by atoms with Gasteiger partial charge < -0.3 is 0 Å². The van der Waals surface area contributed by atoms with Gasteiger partial charge >= 0.3 is 0 Å². The van der Waals surface area contributed by atoms with E-state index in [1.807, 2.05) is 18.2 Å². The molecule has 0 unspecified atom stereocenters. The van der Waals surface area contributed by atoms with Crippen LogP contribution in [-0.4, -0.2) is 4.98 Å². The molecule has 0 fully saturated rings. The third-order valence-corrected chi connectivity index (χ3v) is 1.54. The number of pyridine rings is 1. The first-order valence-electron chi connectivity index (χ1n) is 4.08. The van der Waals surface area contributed by atoms with E-state index in [1.165, 1.54) is 0 Å². The predicted molar refractivity (Wildman–Crippen MR) is 47.5 cm³/mol. The van der Waals surface area contributed by atoms with E-state index in [1.54, 1.807) is 6.07 Å². The van der Waals surface area contributed by atoms with Crippen LogP contribution in [0.1, 0.15) is 25.2 Å². The van der Waals surface area contributed by atoms with Crippen LogP contribution >= 0.6 is 0 Å². The maximum Gasteiger partial charge on any atom is 0.140 e. The van der Waals surface area contributed by atoms with Gasteiger partial charge in [0, 0.05) is 5.69 Å². The summed E-state index contributed by atoms with van der Waals surface area (Å²) in [5.74, 6) is 0.589. The van der Waals surface area contributed by atoms with E-state index in [9.17, 15) is 0 Å². The van der Waals surface area contributed by atoms with Crippen molar-refractivity contribution in [2.45, 2.75) is 20.3 Å². The molecule has 0 radical (unpaired) electrons. The van der Waals surface area contributed by atoms with E-state index >= 15 is 0 Å². The third-order valence-electron chi connectivity index (χ3n) is 1.54. The Hall–Kier alpha value is -1.36. The summed E-state index contributed by atoms with van der Waals surface area (Å²) in [6.07, 6.45) is 0.940. The molecule has 1 aromatic rings. The molecule has 0 bridgehead atoms. The van der Waals surface area contributed by atoms with Crippen LogP contribution in [0.4, 0.5) is 0 Å². The Bertz CT molecular complexity index is 297. The Morgan fingerprint density at radius 1 is 1.50 bits per heavy atom. The van der Waals surface area contributed by atoms with E-state index in [0.29, 0.717) is 11.6 Å². The minimum atomic E-state index is 0.508. The average molecular weight is 160 g/mol. The van der Waals surface area contributed by atoms with Crippen molar-refractivity contribution in [2.75, 3.05) is 0 Å². The van der Waals surface area contributed by atoms with Gasteiger partial charge in [-0.15, -0.1) is 0 Å². The van der Waals surface area contributed by atoms with Gasteiger partial charge in [-0.3, -0.25) is 0 Å². The third kappa shape index (κ3) is 2.35. The Morgan fingerprint density at radius 2 is 2.25 bits per heavy atom. The summed E-state index contributed by atoms with van der Waals surface area (Å²) in [5, 5.41) is 8.58. The average Bonchev–Trinajstić information content (AvgIpc) is 2.03. The SMILES string of the molecule is CC(C)Cc1cccc(C#N)n1. The molecule has 1 aromatic heterocycles. The quantitative estimate of drug-likeness (QED) is 0.664. The molecule has 0 spiro atoms. The first kappa shape index (κ1) is 8.73. The number of nitriles is 1. The van der Waals surface area contributed by atoms with Crippen molar-refractivity contribution < 1.29 is 0 Å². The van der Waals surface area contributed by atoms with Crippen molar-refractivity contribution in [2.24, 2.45) is 5.92 Å². The summed E-state index contributed by atoms with van der Waals surface area (Å²) < 4.78 is 0. The summed E-state index contributed by atoms with van der Waals surface area (Å²) in [5.41, 5.74) is 1.51. The zero-order valence-electron chi connectivity index (χ0n) is 7.41. The van der Waals surface area contributed by atoms with Crippen molar-refractivity contribution in [1.82, 2.24) is 4.98 Å². The highest BCUT2D eigenvalue weighted by Crippen LogP contribution is 2.05. The van der Waals surface area contributed by atoms with Gasteiger partial charge in [-0.2, -0.15) is 5.26 Å². The molecule has 0 amide bonds. The molecule has 1 heterocycles. The number of hydrogen-bond acceptors (Lipinski definition) is 2. The highest BCUT2D eigenvalue weighted by Gasteiger charge is 1.99. The second kappa shape index (κ2) is 3.87. The molecule has 0 aromatic carbocycles. The molecule has 0 N–H and O–H groups in total. The Kier molecular flexibility index (Phi) is 2.82. The number of nitrogens with zero attached hydrogens (tertiary/aromatic N) is 2. The van der Waals surface area contributed by atoms with Crippen LogP contribution in [0.25, 0.3) is 0 Å². The first-order chi connectivity index (χ1) is 5.72. The highest BCUT2D eigenvalue weighted by molar-refractivity contribution is 5.22. The Balaban J connectivity index is 2.81. The van der Waals surface area contributed by atoms with E-state index in [2.05, 4.69) is 18.8 Å². The first-order valence-corrected chi connectivity index (χ1v) is 4.08. The number of hydrogen-bond donors (Lipinski definition) is 0. The van der Waals surface area contributed by atoms with Gasteiger partial charge in [0.25, 0.3) is 0 Å². The lowest BCUT2D eigenvalue weighted by molar-refractivity contribution is 0.635. The van der Waals surface area contributed by atoms with Crippen LogP contribution in [0.3, 0.4) is 0 Å². The zero-order chi connectivity index (χ0) is 8.97. The lowest BCUT2D eigenvalue weighted by Gasteiger charge is -2.02. The molecule has 12 heavy (non-hydrogen) atoms. The fourth-order valence-electron chi connectivity index (χ4n) is 1.07. The minimum absolute atomic E-state index is 0.508. The van der Waals surface area contributed by atoms with Crippen LogP contribution < -0.4 is 0 Å². The number of aromatic nitrogens is 1. The van der Waals surface area contributed by atoms with Crippen LogP contribution in [0.15, 0.2) is 18.2 Å². The summed E-state index contributed by atoms with van der Waals surface area (Å²) in [6.45, 7) is 4.28. The van der Waals surface area contributed by atoms with Crippen molar-refractivity contribution in [3.63, 3.8) is 0 Å². The van der Waals surface area contributed by atoms with Crippen molar-refractivity contribution in [1.29, 1.82) is 5.26 Å². The topological polar surface area (TPSA) is 36.7 Å². The van der Waals surface area contributed by atoms with Gasteiger partial charge in [0.2, 0.25) is 0 Å². The molecule has 1 rings (SSSR count). The molecule has 2 heteroatoms. The van der Waals surface area contributed by atoms with E-state index in [0.717, 1.165) is 12.1 Å². The second-order valence-corrected chi connectivity index (χ2v) is 3.22. The maximum atomic E-state index is 8.58. The molecule has 0 aliphatic heterocycles. The predicted octanol–water partition coefficient (Wildman–Crippen LogP) is 2.15. The second-order valence-electron chi connectivity index (χ2n) is 3.22. The lowest BCUT2D eigenvalue weighted by Crippen LogP contribution is -1.97. The minimum Gasteiger partial charge on any atom is -0.242 e. The van der Waals surface area contributed by atoms with Gasteiger partial charge in [0.1, 0.15) is 11.8 Å². The lowest BCUT2D eigenvalue weighted by atomic mass is 10.1. The summed E-state index contributed by atoms with van der Waals surface area (Å²) in [4.78, 5) is 4.17. The van der Waals surface area contributed by atoms with Gasteiger partial charge in [0.15, 0.2) is 0 Å². The summed E-state index contributed by atoms with van der Waals surface area (Å²) >= 11 is 0. The van der Waals surface area contributed by atoms with Crippen molar-refractivity contribution >= 4 is 0 Å². The van der Waals surface area contributed by atoms with Crippen LogP contribution in [0, 0.1) is 17.2 Å². The highest BCUT2D eigenvalue weighted by atomic mass is 14.7. The fraction of sp³-hybridized carbons (Fsp3) is 0.400.